The van der Waals surface area contributed by atoms with Crippen LogP contribution in [0.2, 0.25) is 5.54 Å². The first-order valence-electron chi connectivity index (χ1n) is 16.5. The minimum atomic E-state index is -0.917. The first kappa shape index (κ1) is 35.9. The van der Waals surface area contributed by atoms with Gasteiger partial charge in [-0.25, -0.2) is 0 Å². The minimum absolute atomic E-state index is 0.00701. The smallest absolute Gasteiger partial charge is 0.269 e. The van der Waals surface area contributed by atoms with Crippen molar-refractivity contribution in [3.05, 3.63) is 163 Å². The van der Waals surface area contributed by atoms with Crippen molar-refractivity contribution in [2.75, 3.05) is 0 Å². The van der Waals surface area contributed by atoms with Gasteiger partial charge < -0.3 is 13.9 Å². The Labute approximate surface area is 306 Å². The van der Waals surface area contributed by atoms with E-state index in [2.05, 4.69) is 13.8 Å². The third-order valence-electron chi connectivity index (χ3n) is 8.10. The SMILES string of the molecule is Cc1cc(Oc2cc(Oc3cc(O[SiH2]C(C)C)cc(-c4ccc([N+](=O)[O-])cc4)c3)cc(-c3ccc([N+](=O)[O-])cc3)c2)cc(-c2ccc([N+](=O)[O-])cc2)c1. The normalized spacial score (nSPS) is 11.1. The van der Waals surface area contributed by atoms with Crippen LogP contribution in [-0.2, 0) is 0 Å². The van der Waals surface area contributed by atoms with E-state index in [1.807, 2.05) is 37.3 Å². The van der Waals surface area contributed by atoms with E-state index in [0.29, 0.717) is 45.4 Å². The maximum atomic E-state index is 11.4. The number of hydrogen-bond acceptors (Lipinski definition) is 9. The van der Waals surface area contributed by atoms with E-state index in [9.17, 15) is 30.3 Å². The molecular formula is C40H33N3O9Si. The van der Waals surface area contributed by atoms with E-state index in [-0.39, 0.29) is 17.1 Å². The van der Waals surface area contributed by atoms with Crippen molar-refractivity contribution in [1.29, 1.82) is 0 Å². The molecule has 6 aromatic carbocycles. The number of ether oxygens (including phenoxy) is 2. The first-order valence-corrected chi connectivity index (χ1v) is 17.9. The Morgan fingerprint density at radius 2 is 0.774 bits per heavy atom. The zero-order chi connectivity index (χ0) is 37.6. The van der Waals surface area contributed by atoms with Crippen molar-refractivity contribution >= 4 is 26.8 Å². The third-order valence-corrected chi connectivity index (χ3v) is 9.27. The summed E-state index contributed by atoms with van der Waals surface area (Å²) >= 11 is 0. The van der Waals surface area contributed by atoms with Crippen LogP contribution in [0.15, 0.2) is 127 Å². The van der Waals surface area contributed by atoms with Crippen LogP contribution in [-0.4, -0.2) is 24.5 Å². The zero-order valence-electron chi connectivity index (χ0n) is 28.9. The summed E-state index contributed by atoms with van der Waals surface area (Å²) < 4.78 is 19.1. The quantitative estimate of drug-likeness (QED) is 0.0641. The van der Waals surface area contributed by atoms with Gasteiger partial charge in [-0.05, 0) is 124 Å². The predicted molar refractivity (Wildman–Crippen MR) is 205 cm³/mol. The molecule has 0 N–H and O–H groups in total. The fraction of sp³-hybridized carbons (Fsp3) is 0.100. The Kier molecular flexibility index (Phi) is 10.6. The molecule has 0 atom stereocenters. The molecule has 53 heavy (non-hydrogen) atoms. The summed E-state index contributed by atoms with van der Waals surface area (Å²) in [7, 11) is -0.917. The van der Waals surface area contributed by atoms with Gasteiger partial charge in [0.05, 0.1) is 14.8 Å². The van der Waals surface area contributed by atoms with Gasteiger partial charge in [-0.3, -0.25) is 30.3 Å². The van der Waals surface area contributed by atoms with E-state index in [1.165, 1.54) is 36.4 Å². The van der Waals surface area contributed by atoms with Gasteiger partial charge in [0.15, 0.2) is 0 Å². The van der Waals surface area contributed by atoms with E-state index in [1.54, 1.807) is 60.7 Å². The number of nitro groups is 3. The van der Waals surface area contributed by atoms with Crippen LogP contribution in [0.25, 0.3) is 33.4 Å². The lowest BCUT2D eigenvalue weighted by Crippen LogP contribution is -2.05. The molecule has 6 rings (SSSR count). The summed E-state index contributed by atoms with van der Waals surface area (Å²) in [6.07, 6.45) is 0. The number of rotatable bonds is 13. The summed E-state index contributed by atoms with van der Waals surface area (Å²) in [5, 5.41) is 33.8. The Bertz CT molecular complexity index is 2310. The van der Waals surface area contributed by atoms with Crippen LogP contribution in [0.3, 0.4) is 0 Å². The van der Waals surface area contributed by atoms with Crippen LogP contribution in [0.5, 0.6) is 28.7 Å². The highest BCUT2D eigenvalue weighted by Crippen LogP contribution is 2.39. The number of benzene rings is 6. The van der Waals surface area contributed by atoms with Crippen molar-refractivity contribution in [2.24, 2.45) is 0 Å². The van der Waals surface area contributed by atoms with Crippen LogP contribution in [0.1, 0.15) is 19.4 Å². The fourth-order valence-electron chi connectivity index (χ4n) is 5.57. The molecule has 13 heteroatoms. The number of nitrogens with zero attached hydrogens (tertiary/aromatic N) is 3. The molecule has 0 amide bonds. The van der Waals surface area contributed by atoms with Gasteiger partial charge in [0.1, 0.15) is 28.7 Å². The van der Waals surface area contributed by atoms with Crippen molar-refractivity contribution < 1.29 is 28.7 Å². The second-order valence-electron chi connectivity index (χ2n) is 12.7. The molecule has 0 spiro atoms. The van der Waals surface area contributed by atoms with Crippen LogP contribution < -0.4 is 13.9 Å². The Morgan fingerprint density at radius 1 is 0.453 bits per heavy atom. The van der Waals surface area contributed by atoms with Gasteiger partial charge in [0.25, 0.3) is 17.1 Å². The zero-order valence-corrected chi connectivity index (χ0v) is 30.3. The molecule has 6 aromatic rings. The standard InChI is InChI=1S/C40H33N3O9Si/c1-25(2)53-52-40-22-32(29-8-14-35(15-9-29)43(48)49)21-39(24-40)51-38-20-31(28-6-12-34(13-7-28)42(46)47)19-37(23-38)50-36-17-26(3)16-30(18-36)27-4-10-33(11-5-27)41(44)45/h4-25H,53H2,1-3H3. The van der Waals surface area contributed by atoms with Crippen molar-refractivity contribution in [3.63, 3.8) is 0 Å². The lowest BCUT2D eigenvalue weighted by molar-refractivity contribution is -0.385. The predicted octanol–water partition coefficient (Wildman–Crippen LogP) is 10.6. The average molecular weight is 728 g/mol. The van der Waals surface area contributed by atoms with E-state index in [0.717, 1.165) is 27.8 Å². The monoisotopic (exact) mass is 727 g/mol. The topological polar surface area (TPSA) is 157 Å². The molecule has 266 valence electrons. The molecule has 12 nitrogen and oxygen atoms in total. The second kappa shape index (κ2) is 15.6. The number of nitro benzene ring substituents is 3. The maximum Gasteiger partial charge on any atom is 0.269 e. The highest BCUT2D eigenvalue weighted by atomic mass is 28.2. The largest absolute Gasteiger partial charge is 0.549 e. The van der Waals surface area contributed by atoms with E-state index < -0.39 is 24.5 Å². The minimum Gasteiger partial charge on any atom is -0.549 e. The van der Waals surface area contributed by atoms with Crippen LogP contribution in [0, 0.1) is 37.3 Å². The van der Waals surface area contributed by atoms with Gasteiger partial charge in [-0.2, -0.15) is 0 Å². The summed E-state index contributed by atoms with van der Waals surface area (Å²) in [6, 6.07) is 35.2. The van der Waals surface area contributed by atoms with E-state index in [4.69, 9.17) is 13.9 Å². The summed E-state index contributed by atoms with van der Waals surface area (Å²) in [4.78, 5) is 32.5. The number of aryl methyl sites for hydroxylation is 1. The Morgan fingerprint density at radius 3 is 1.13 bits per heavy atom. The molecule has 0 radical (unpaired) electrons. The molecule has 0 unspecified atom stereocenters. The van der Waals surface area contributed by atoms with Crippen molar-refractivity contribution in [2.45, 2.75) is 26.3 Å². The van der Waals surface area contributed by atoms with Gasteiger partial charge in [0.2, 0.25) is 9.76 Å². The molecule has 0 saturated carbocycles. The van der Waals surface area contributed by atoms with Crippen molar-refractivity contribution in [1.82, 2.24) is 0 Å². The lowest BCUT2D eigenvalue weighted by Gasteiger charge is -2.16. The molecular weight excluding hydrogens is 695 g/mol. The number of hydrogen-bond donors (Lipinski definition) is 0. The Hall–Kier alpha value is -6.86. The lowest BCUT2D eigenvalue weighted by atomic mass is 10.0. The molecule has 0 aliphatic heterocycles. The molecule has 0 heterocycles. The Balaban J connectivity index is 1.39. The maximum absolute atomic E-state index is 11.4. The fourth-order valence-corrected chi connectivity index (χ4v) is 6.26. The summed E-state index contributed by atoms with van der Waals surface area (Å²) in [6.45, 7) is 6.11. The van der Waals surface area contributed by atoms with Gasteiger partial charge in [-0.1, -0.05) is 19.9 Å². The molecule has 0 aliphatic carbocycles. The van der Waals surface area contributed by atoms with Crippen LogP contribution >= 0.6 is 0 Å². The molecule has 0 saturated heterocycles. The van der Waals surface area contributed by atoms with Gasteiger partial charge in [-0.15, -0.1) is 0 Å². The summed E-state index contributed by atoms with van der Waals surface area (Å²) in [5.41, 5.74) is 5.65. The molecule has 0 aliphatic rings. The van der Waals surface area contributed by atoms with E-state index >= 15 is 0 Å². The third kappa shape index (κ3) is 9.09. The highest BCUT2D eigenvalue weighted by Gasteiger charge is 2.14. The van der Waals surface area contributed by atoms with Gasteiger partial charge in [0, 0.05) is 48.5 Å². The molecule has 0 aromatic heterocycles. The van der Waals surface area contributed by atoms with Crippen molar-refractivity contribution in [3.8, 4) is 62.1 Å². The molecule has 0 fully saturated rings. The molecule has 0 bridgehead atoms. The average Bonchev–Trinajstić information content (AvgIpc) is 3.13. The summed E-state index contributed by atoms with van der Waals surface area (Å²) in [5.74, 6) is 2.41. The van der Waals surface area contributed by atoms with Gasteiger partial charge >= 0.3 is 0 Å². The number of non-ortho nitro benzene ring substituents is 3. The second-order valence-corrected chi connectivity index (χ2v) is 15.0. The van der Waals surface area contributed by atoms with Crippen LogP contribution in [0.4, 0.5) is 17.1 Å². The highest BCUT2D eigenvalue weighted by molar-refractivity contribution is 6.30. The first-order chi connectivity index (χ1) is 25.4.